The molecule has 0 spiro atoms. The molecule has 0 saturated carbocycles. The molecule has 0 aromatic carbocycles. The Labute approximate surface area is 104 Å². The van der Waals surface area contributed by atoms with Crippen LogP contribution in [0.2, 0.25) is 0 Å². The minimum Gasteiger partial charge on any atom is -0.478 e. The molecule has 0 aliphatic rings. The average Bonchev–Trinajstić information content (AvgIpc) is 2.30. The van der Waals surface area contributed by atoms with Crippen molar-refractivity contribution in [3.05, 3.63) is 11.4 Å². The molecule has 1 N–H and O–H groups in total. The number of nitrogens with one attached hydrogen (secondary N) is 1. The molecule has 1 aromatic heterocycles. The quantitative estimate of drug-likeness (QED) is 0.825. The lowest BCUT2D eigenvalue weighted by Crippen LogP contribution is -2.10. The van der Waals surface area contributed by atoms with Gasteiger partial charge in [0.25, 0.3) is 0 Å². The Bertz CT molecular complexity index is 364. The molecule has 1 aromatic rings. The van der Waals surface area contributed by atoms with Crippen molar-refractivity contribution < 1.29 is 4.74 Å². The summed E-state index contributed by atoms with van der Waals surface area (Å²) in [4.78, 5) is 9.01. The van der Waals surface area contributed by atoms with E-state index in [1.807, 2.05) is 13.8 Å². The summed E-state index contributed by atoms with van der Waals surface area (Å²) < 4.78 is 5.56. The van der Waals surface area contributed by atoms with Gasteiger partial charge in [0.1, 0.15) is 11.6 Å². The minimum absolute atomic E-state index is 0.303. The van der Waals surface area contributed by atoms with Crippen LogP contribution >= 0.6 is 0 Å². The molecule has 0 radical (unpaired) electrons. The molecule has 17 heavy (non-hydrogen) atoms. The predicted octanol–water partition coefficient (Wildman–Crippen LogP) is 3.13. The van der Waals surface area contributed by atoms with E-state index < -0.39 is 0 Å². The number of nitrogens with zero attached hydrogens (tertiary/aromatic N) is 2. The molecule has 4 nitrogen and oxygen atoms in total. The summed E-state index contributed by atoms with van der Waals surface area (Å²) in [6.07, 6.45) is 1.07. The largest absolute Gasteiger partial charge is 0.478 e. The van der Waals surface area contributed by atoms with E-state index in [4.69, 9.17) is 4.74 Å². The van der Waals surface area contributed by atoms with Crippen LogP contribution in [-0.4, -0.2) is 23.1 Å². The molecule has 0 fully saturated rings. The Balaban J connectivity index is 3.08. The van der Waals surface area contributed by atoms with Gasteiger partial charge in [-0.3, -0.25) is 0 Å². The Hall–Kier alpha value is -1.32. The molecule has 0 bridgehead atoms. The third-order valence-electron chi connectivity index (χ3n) is 2.46. The van der Waals surface area contributed by atoms with Gasteiger partial charge in [0.05, 0.1) is 12.2 Å². The first-order valence-corrected chi connectivity index (χ1v) is 6.35. The van der Waals surface area contributed by atoms with E-state index in [2.05, 4.69) is 36.1 Å². The fraction of sp³-hybridized carbons (Fsp3) is 0.692. The number of aromatic nitrogens is 2. The van der Waals surface area contributed by atoms with E-state index >= 15 is 0 Å². The van der Waals surface area contributed by atoms with Crippen molar-refractivity contribution in [1.29, 1.82) is 0 Å². The summed E-state index contributed by atoms with van der Waals surface area (Å²) in [5.74, 6) is 2.73. The highest BCUT2D eigenvalue weighted by Gasteiger charge is 2.13. The van der Waals surface area contributed by atoms with Gasteiger partial charge in [0.2, 0.25) is 5.88 Å². The van der Waals surface area contributed by atoms with E-state index in [9.17, 15) is 0 Å². The summed E-state index contributed by atoms with van der Waals surface area (Å²) >= 11 is 0. The fourth-order valence-electron chi connectivity index (χ4n) is 1.46. The highest BCUT2D eigenvalue weighted by atomic mass is 16.5. The van der Waals surface area contributed by atoms with Crippen LogP contribution in [0.15, 0.2) is 0 Å². The van der Waals surface area contributed by atoms with Gasteiger partial charge in [-0.2, -0.15) is 4.98 Å². The molecule has 0 unspecified atom stereocenters. The second-order valence-corrected chi connectivity index (χ2v) is 4.38. The van der Waals surface area contributed by atoms with Crippen molar-refractivity contribution in [1.82, 2.24) is 9.97 Å². The number of ether oxygens (including phenoxy) is 1. The smallest absolute Gasteiger partial charge is 0.221 e. The number of rotatable bonds is 6. The van der Waals surface area contributed by atoms with Crippen LogP contribution in [-0.2, 0) is 0 Å². The Morgan fingerprint density at radius 3 is 2.47 bits per heavy atom. The fourth-order valence-corrected chi connectivity index (χ4v) is 1.46. The second kappa shape index (κ2) is 6.42. The van der Waals surface area contributed by atoms with Gasteiger partial charge in [0, 0.05) is 12.5 Å². The Morgan fingerprint density at radius 2 is 1.94 bits per heavy atom. The first-order chi connectivity index (χ1) is 8.10. The van der Waals surface area contributed by atoms with Crippen LogP contribution in [0.1, 0.15) is 51.4 Å². The lowest BCUT2D eigenvalue weighted by Gasteiger charge is -2.14. The molecule has 0 aliphatic heterocycles. The van der Waals surface area contributed by atoms with Crippen molar-refractivity contribution >= 4 is 5.82 Å². The van der Waals surface area contributed by atoms with E-state index in [0.29, 0.717) is 18.4 Å². The van der Waals surface area contributed by atoms with Crippen LogP contribution in [0.5, 0.6) is 5.88 Å². The van der Waals surface area contributed by atoms with Gasteiger partial charge in [-0.15, -0.1) is 0 Å². The molecular formula is C13H23N3O. The molecule has 0 atom stereocenters. The second-order valence-electron chi connectivity index (χ2n) is 4.38. The van der Waals surface area contributed by atoms with E-state index in [-0.39, 0.29) is 0 Å². The van der Waals surface area contributed by atoms with Gasteiger partial charge >= 0.3 is 0 Å². The molecule has 4 heteroatoms. The lowest BCUT2D eigenvalue weighted by atomic mass is 10.2. The van der Waals surface area contributed by atoms with Crippen molar-refractivity contribution in [3.8, 4) is 5.88 Å². The maximum absolute atomic E-state index is 5.56. The summed E-state index contributed by atoms with van der Waals surface area (Å²) in [5.41, 5.74) is 0.990. The van der Waals surface area contributed by atoms with Gasteiger partial charge in [-0.05, 0) is 20.3 Å². The van der Waals surface area contributed by atoms with Gasteiger partial charge in [-0.25, -0.2) is 4.98 Å². The lowest BCUT2D eigenvalue weighted by molar-refractivity contribution is 0.322. The number of hydrogen-bond donors (Lipinski definition) is 1. The van der Waals surface area contributed by atoms with Gasteiger partial charge in [-0.1, -0.05) is 20.8 Å². The first-order valence-electron chi connectivity index (χ1n) is 6.35. The maximum Gasteiger partial charge on any atom is 0.221 e. The normalized spacial score (nSPS) is 10.7. The van der Waals surface area contributed by atoms with Crippen molar-refractivity contribution in [3.63, 3.8) is 0 Å². The van der Waals surface area contributed by atoms with E-state index in [1.165, 1.54) is 0 Å². The third kappa shape index (κ3) is 3.58. The first kappa shape index (κ1) is 13.7. The minimum atomic E-state index is 0.303. The van der Waals surface area contributed by atoms with Gasteiger partial charge in [0.15, 0.2) is 0 Å². The van der Waals surface area contributed by atoms with E-state index in [1.54, 1.807) is 0 Å². The monoisotopic (exact) mass is 237 g/mol. The molecule has 1 rings (SSSR count). The number of anilines is 1. The van der Waals surface area contributed by atoms with Gasteiger partial charge < -0.3 is 10.1 Å². The maximum atomic E-state index is 5.56. The van der Waals surface area contributed by atoms with Crippen molar-refractivity contribution in [2.45, 2.75) is 47.0 Å². The molecule has 1 heterocycles. The molecule has 0 aliphatic carbocycles. The summed E-state index contributed by atoms with van der Waals surface area (Å²) in [6.45, 7) is 11.8. The predicted molar refractivity (Wildman–Crippen MR) is 70.8 cm³/mol. The standard InChI is InChI=1S/C13H23N3O/c1-6-8-14-12-10(5)13(17-7-2)16-11(15-12)9(3)4/h9H,6-8H2,1-5H3,(H,14,15,16). The Morgan fingerprint density at radius 1 is 1.24 bits per heavy atom. The summed E-state index contributed by atoms with van der Waals surface area (Å²) in [6, 6.07) is 0. The van der Waals surface area contributed by atoms with Crippen LogP contribution in [0.4, 0.5) is 5.82 Å². The zero-order chi connectivity index (χ0) is 12.8. The summed E-state index contributed by atoms with van der Waals surface area (Å²) in [5, 5.41) is 3.33. The van der Waals surface area contributed by atoms with E-state index in [0.717, 1.165) is 30.2 Å². The zero-order valence-corrected chi connectivity index (χ0v) is 11.5. The number of hydrogen-bond acceptors (Lipinski definition) is 4. The molecular weight excluding hydrogens is 214 g/mol. The molecule has 0 saturated heterocycles. The van der Waals surface area contributed by atoms with Crippen LogP contribution in [0, 0.1) is 6.92 Å². The van der Waals surface area contributed by atoms with Crippen LogP contribution in [0.3, 0.4) is 0 Å². The van der Waals surface area contributed by atoms with Crippen molar-refractivity contribution in [2.24, 2.45) is 0 Å². The third-order valence-corrected chi connectivity index (χ3v) is 2.46. The van der Waals surface area contributed by atoms with Crippen molar-refractivity contribution in [2.75, 3.05) is 18.5 Å². The van der Waals surface area contributed by atoms with Crippen LogP contribution < -0.4 is 10.1 Å². The highest BCUT2D eigenvalue weighted by Crippen LogP contribution is 2.24. The highest BCUT2D eigenvalue weighted by molar-refractivity contribution is 5.48. The Kier molecular flexibility index (Phi) is 5.19. The van der Waals surface area contributed by atoms with Crippen LogP contribution in [0.25, 0.3) is 0 Å². The SMILES string of the molecule is CCCNc1nc(C(C)C)nc(OCC)c1C. The summed E-state index contributed by atoms with van der Waals surface area (Å²) in [7, 11) is 0. The topological polar surface area (TPSA) is 47.0 Å². The molecule has 96 valence electrons. The zero-order valence-electron chi connectivity index (χ0n) is 11.5. The molecule has 0 amide bonds. The average molecular weight is 237 g/mol.